The van der Waals surface area contributed by atoms with Gasteiger partial charge in [0.2, 0.25) is 5.91 Å². The molecule has 0 aliphatic heterocycles. The Morgan fingerprint density at radius 2 is 2.05 bits per heavy atom. The summed E-state index contributed by atoms with van der Waals surface area (Å²) in [5, 5.41) is 9.57. The SMILES string of the molecule is COc1ccc(C(CO)N(C)C(=O)C2CC2(Cl)Cl)cc1. The normalized spacial score (nSPS) is 21.1. The second kappa shape index (κ2) is 5.80. The van der Waals surface area contributed by atoms with E-state index in [9.17, 15) is 9.90 Å². The van der Waals surface area contributed by atoms with Crippen molar-refractivity contribution in [2.75, 3.05) is 20.8 Å². The summed E-state index contributed by atoms with van der Waals surface area (Å²) in [7, 11) is 3.23. The molecule has 1 aromatic rings. The van der Waals surface area contributed by atoms with Gasteiger partial charge in [-0.05, 0) is 24.1 Å². The molecule has 0 saturated heterocycles. The van der Waals surface area contributed by atoms with E-state index in [-0.39, 0.29) is 18.4 Å². The van der Waals surface area contributed by atoms with Crippen molar-refractivity contribution in [1.82, 2.24) is 4.90 Å². The zero-order valence-electron chi connectivity index (χ0n) is 11.3. The number of alkyl halides is 2. The number of likely N-dealkylation sites (N-methyl/N-ethyl adjacent to an activating group) is 1. The van der Waals surface area contributed by atoms with Crippen LogP contribution in [0.25, 0.3) is 0 Å². The maximum Gasteiger partial charge on any atom is 0.229 e. The molecule has 2 unspecified atom stereocenters. The minimum absolute atomic E-state index is 0.148. The molecule has 1 aromatic carbocycles. The van der Waals surface area contributed by atoms with Crippen LogP contribution in [0.3, 0.4) is 0 Å². The predicted molar refractivity (Wildman–Crippen MR) is 78.1 cm³/mol. The van der Waals surface area contributed by atoms with Crippen LogP contribution >= 0.6 is 23.2 Å². The number of benzene rings is 1. The molecule has 0 aromatic heterocycles. The Morgan fingerprint density at radius 1 is 1.50 bits per heavy atom. The highest BCUT2D eigenvalue weighted by molar-refractivity contribution is 6.52. The van der Waals surface area contributed by atoms with Gasteiger partial charge >= 0.3 is 0 Å². The second-order valence-electron chi connectivity index (χ2n) is 4.94. The number of amides is 1. The predicted octanol–water partition coefficient (Wildman–Crippen LogP) is 2.38. The van der Waals surface area contributed by atoms with Crippen LogP contribution in [0.15, 0.2) is 24.3 Å². The number of methoxy groups -OCH3 is 1. The zero-order chi connectivity index (χ0) is 14.9. The highest BCUT2D eigenvalue weighted by Crippen LogP contribution is 2.54. The van der Waals surface area contributed by atoms with Crippen LogP contribution in [0, 0.1) is 5.92 Å². The van der Waals surface area contributed by atoms with Crippen LogP contribution in [-0.4, -0.2) is 41.0 Å². The van der Waals surface area contributed by atoms with Crippen molar-refractivity contribution in [2.45, 2.75) is 16.8 Å². The minimum Gasteiger partial charge on any atom is -0.497 e. The fraction of sp³-hybridized carbons (Fsp3) is 0.500. The highest BCUT2D eigenvalue weighted by atomic mass is 35.5. The Kier molecular flexibility index (Phi) is 4.47. The van der Waals surface area contributed by atoms with E-state index in [1.165, 1.54) is 4.90 Å². The highest BCUT2D eigenvalue weighted by Gasteiger charge is 2.57. The number of hydrogen-bond donors (Lipinski definition) is 1. The smallest absolute Gasteiger partial charge is 0.229 e. The number of hydrogen-bond acceptors (Lipinski definition) is 3. The van der Waals surface area contributed by atoms with Gasteiger partial charge in [0.15, 0.2) is 0 Å². The molecule has 0 spiro atoms. The van der Waals surface area contributed by atoms with Crippen molar-refractivity contribution in [3.63, 3.8) is 0 Å². The third kappa shape index (κ3) is 3.03. The van der Waals surface area contributed by atoms with E-state index in [0.29, 0.717) is 6.42 Å². The molecule has 2 atom stereocenters. The van der Waals surface area contributed by atoms with Crippen molar-refractivity contribution in [3.8, 4) is 5.75 Å². The van der Waals surface area contributed by atoms with Crippen molar-refractivity contribution in [2.24, 2.45) is 5.92 Å². The number of rotatable bonds is 5. The topological polar surface area (TPSA) is 49.8 Å². The Labute approximate surface area is 128 Å². The van der Waals surface area contributed by atoms with Gasteiger partial charge in [-0.25, -0.2) is 0 Å². The standard InChI is InChI=1S/C14H17Cl2NO3/c1-17(13(19)11-7-14(11,15)16)12(8-18)9-3-5-10(20-2)6-4-9/h3-6,11-12,18H,7-8H2,1-2H3. The average molecular weight is 318 g/mol. The molecule has 1 N–H and O–H groups in total. The molecule has 0 radical (unpaired) electrons. The first-order chi connectivity index (χ1) is 9.40. The van der Waals surface area contributed by atoms with Gasteiger partial charge in [0.25, 0.3) is 0 Å². The van der Waals surface area contributed by atoms with Gasteiger partial charge in [-0.2, -0.15) is 0 Å². The quantitative estimate of drug-likeness (QED) is 0.848. The van der Waals surface area contributed by atoms with E-state index >= 15 is 0 Å². The van der Waals surface area contributed by atoms with Crippen LogP contribution in [0.2, 0.25) is 0 Å². The third-order valence-electron chi connectivity index (χ3n) is 3.61. The van der Waals surface area contributed by atoms with Crippen molar-refractivity contribution in [3.05, 3.63) is 29.8 Å². The summed E-state index contributed by atoms with van der Waals surface area (Å²) in [5.41, 5.74) is 0.833. The maximum absolute atomic E-state index is 12.2. The first kappa shape index (κ1) is 15.4. The van der Waals surface area contributed by atoms with Gasteiger partial charge in [-0.15, -0.1) is 23.2 Å². The summed E-state index contributed by atoms with van der Waals surface area (Å²) in [6.07, 6.45) is 0.458. The van der Waals surface area contributed by atoms with Crippen molar-refractivity contribution in [1.29, 1.82) is 0 Å². The summed E-state index contributed by atoms with van der Waals surface area (Å²) >= 11 is 11.8. The molecule has 110 valence electrons. The fourth-order valence-electron chi connectivity index (χ4n) is 2.16. The Hall–Kier alpha value is -0.970. The van der Waals surface area contributed by atoms with Crippen molar-refractivity contribution < 1.29 is 14.6 Å². The average Bonchev–Trinajstić information content (AvgIpc) is 3.08. The molecule has 1 saturated carbocycles. The molecule has 20 heavy (non-hydrogen) atoms. The lowest BCUT2D eigenvalue weighted by molar-refractivity contribution is -0.134. The number of nitrogens with zero attached hydrogens (tertiary/aromatic N) is 1. The molecule has 1 aliphatic rings. The van der Waals surface area contributed by atoms with Gasteiger partial charge in [0.1, 0.15) is 10.1 Å². The van der Waals surface area contributed by atoms with Crippen LogP contribution in [0.1, 0.15) is 18.0 Å². The minimum atomic E-state index is -0.953. The third-order valence-corrected chi connectivity index (χ3v) is 4.45. The lowest BCUT2D eigenvalue weighted by Gasteiger charge is -2.27. The van der Waals surface area contributed by atoms with E-state index in [1.54, 1.807) is 26.3 Å². The monoisotopic (exact) mass is 317 g/mol. The van der Waals surface area contributed by atoms with Crippen LogP contribution < -0.4 is 4.74 Å². The summed E-state index contributed by atoms with van der Waals surface area (Å²) < 4.78 is 4.13. The molecule has 1 fully saturated rings. The van der Waals surface area contributed by atoms with E-state index in [0.717, 1.165) is 11.3 Å². The Balaban J connectivity index is 2.12. The number of carbonyl (C=O) groups is 1. The molecule has 0 heterocycles. The number of aliphatic hydroxyl groups is 1. The van der Waals surface area contributed by atoms with E-state index < -0.39 is 10.4 Å². The number of ether oxygens (including phenoxy) is 1. The summed E-state index contributed by atoms with van der Waals surface area (Å²) in [6, 6.07) is 6.82. The van der Waals surface area contributed by atoms with Gasteiger partial charge in [0.05, 0.1) is 25.7 Å². The first-order valence-electron chi connectivity index (χ1n) is 6.30. The summed E-state index contributed by atoms with van der Waals surface area (Å²) in [5.74, 6) is 0.190. The largest absolute Gasteiger partial charge is 0.497 e. The molecule has 1 aliphatic carbocycles. The summed E-state index contributed by atoms with van der Waals surface area (Å²) in [6.45, 7) is -0.168. The number of carbonyl (C=O) groups excluding carboxylic acids is 1. The second-order valence-corrected chi connectivity index (χ2v) is 6.48. The zero-order valence-corrected chi connectivity index (χ0v) is 12.9. The summed E-state index contributed by atoms with van der Waals surface area (Å²) in [4.78, 5) is 13.7. The Bertz CT molecular complexity index is 490. The van der Waals surface area contributed by atoms with Crippen LogP contribution in [0.5, 0.6) is 5.75 Å². The molecule has 4 nitrogen and oxygen atoms in total. The fourth-order valence-corrected chi connectivity index (χ4v) is 2.65. The van der Waals surface area contributed by atoms with E-state index in [4.69, 9.17) is 27.9 Å². The van der Waals surface area contributed by atoms with Gasteiger partial charge in [-0.1, -0.05) is 12.1 Å². The van der Waals surface area contributed by atoms with Crippen LogP contribution in [-0.2, 0) is 4.79 Å². The van der Waals surface area contributed by atoms with Gasteiger partial charge in [0, 0.05) is 7.05 Å². The lowest BCUT2D eigenvalue weighted by atomic mass is 10.1. The van der Waals surface area contributed by atoms with E-state index in [2.05, 4.69) is 0 Å². The van der Waals surface area contributed by atoms with Crippen LogP contribution in [0.4, 0.5) is 0 Å². The molecular weight excluding hydrogens is 301 g/mol. The number of aliphatic hydroxyl groups excluding tert-OH is 1. The molecule has 2 rings (SSSR count). The first-order valence-corrected chi connectivity index (χ1v) is 7.05. The maximum atomic E-state index is 12.2. The van der Waals surface area contributed by atoms with Crippen molar-refractivity contribution >= 4 is 29.1 Å². The van der Waals surface area contributed by atoms with Gasteiger partial charge < -0.3 is 14.7 Å². The van der Waals surface area contributed by atoms with Gasteiger partial charge in [-0.3, -0.25) is 4.79 Å². The lowest BCUT2D eigenvalue weighted by Crippen LogP contribution is -2.35. The number of halogens is 2. The van der Waals surface area contributed by atoms with E-state index in [1.807, 2.05) is 12.1 Å². The molecular formula is C14H17Cl2NO3. The Morgan fingerprint density at radius 3 is 2.45 bits per heavy atom. The molecule has 1 amide bonds. The molecule has 6 heteroatoms. The molecule has 0 bridgehead atoms.